The average molecular weight is 288 g/mol. The van der Waals surface area contributed by atoms with Crippen LogP contribution >= 0.6 is 0 Å². The minimum Gasteiger partial charge on any atom is -0.489 e. The summed E-state index contributed by atoms with van der Waals surface area (Å²) in [7, 11) is 1.92. The van der Waals surface area contributed by atoms with Gasteiger partial charge in [0.25, 0.3) is 0 Å². The van der Waals surface area contributed by atoms with Crippen LogP contribution in [0.5, 0.6) is 5.75 Å². The number of carboxylic acids is 1. The summed E-state index contributed by atoms with van der Waals surface area (Å²) in [5.74, 6) is 1.12. The Morgan fingerprint density at radius 1 is 1.43 bits per heavy atom. The van der Waals surface area contributed by atoms with Crippen molar-refractivity contribution in [1.82, 2.24) is 14.8 Å². The molecule has 2 heterocycles. The molecule has 7 heteroatoms. The highest BCUT2D eigenvalue weighted by Gasteiger charge is 2.24. The highest BCUT2D eigenvalue weighted by molar-refractivity contribution is 5.93. The maximum Gasteiger partial charge on any atom is 0.339 e. The fourth-order valence-electron chi connectivity index (χ4n) is 2.40. The van der Waals surface area contributed by atoms with Crippen LogP contribution in [-0.4, -0.2) is 39.0 Å². The Hall–Kier alpha value is -2.57. The van der Waals surface area contributed by atoms with Crippen LogP contribution in [0, 0.1) is 6.92 Å². The molecule has 2 aromatic rings. The van der Waals surface area contributed by atoms with Gasteiger partial charge >= 0.3 is 5.97 Å². The number of nitrogens with zero attached hydrogens (tertiary/aromatic N) is 4. The Bertz CT molecular complexity index is 696. The molecule has 0 amide bonds. The molecule has 1 N–H and O–H groups in total. The second-order valence-corrected chi connectivity index (χ2v) is 4.95. The molecule has 21 heavy (non-hydrogen) atoms. The first-order valence-electron chi connectivity index (χ1n) is 6.67. The highest BCUT2D eigenvalue weighted by Crippen LogP contribution is 2.35. The molecule has 0 atom stereocenters. The van der Waals surface area contributed by atoms with Gasteiger partial charge in [0, 0.05) is 7.05 Å². The van der Waals surface area contributed by atoms with E-state index < -0.39 is 5.97 Å². The number of anilines is 1. The molecule has 0 radical (unpaired) electrons. The molecular weight excluding hydrogens is 272 g/mol. The van der Waals surface area contributed by atoms with Crippen molar-refractivity contribution in [3.05, 3.63) is 35.4 Å². The van der Waals surface area contributed by atoms with Crippen LogP contribution in [0.2, 0.25) is 0 Å². The van der Waals surface area contributed by atoms with Crippen molar-refractivity contribution in [2.24, 2.45) is 7.05 Å². The van der Waals surface area contributed by atoms with Crippen molar-refractivity contribution in [3.8, 4) is 5.75 Å². The van der Waals surface area contributed by atoms with Gasteiger partial charge in [0.05, 0.1) is 18.8 Å². The second-order valence-electron chi connectivity index (χ2n) is 4.95. The summed E-state index contributed by atoms with van der Waals surface area (Å²) >= 11 is 0. The molecule has 7 nitrogen and oxygen atoms in total. The largest absolute Gasteiger partial charge is 0.489 e. The maximum absolute atomic E-state index is 11.3. The van der Waals surface area contributed by atoms with E-state index >= 15 is 0 Å². The maximum atomic E-state index is 11.3. The normalized spacial score (nSPS) is 13.7. The number of hydrogen-bond acceptors (Lipinski definition) is 5. The molecule has 0 unspecified atom stereocenters. The fraction of sp³-hybridized carbons (Fsp3) is 0.357. The first-order chi connectivity index (χ1) is 10.1. The third-order valence-corrected chi connectivity index (χ3v) is 3.69. The van der Waals surface area contributed by atoms with Gasteiger partial charge in [0.15, 0.2) is 11.6 Å². The molecule has 0 spiro atoms. The van der Waals surface area contributed by atoms with E-state index in [0.29, 0.717) is 25.4 Å². The molecule has 0 bridgehead atoms. The van der Waals surface area contributed by atoms with Gasteiger partial charge in [-0.15, -0.1) is 10.2 Å². The molecule has 110 valence electrons. The van der Waals surface area contributed by atoms with Crippen LogP contribution in [0.3, 0.4) is 0 Å². The fourth-order valence-corrected chi connectivity index (χ4v) is 2.40. The number of benzene rings is 1. The molecule has 1 aromatic heterocycles. The van der Waals surface area contributed by atoms with Gasteiger partial charge in [-0.05, 0) is 19.1 Å². The van der Waals surface area contributed by atoms with Gasteiger partial charge in [-0.3, -0.25) is 0 Å². The number of aromatic carboxylic acids is 1. The molecule has 1 aliphatic rings. The minimum absolute atomic E-state index is 0.186. The Labute approximate surface area is 121 Å². The monoisotopic (exact) mass is 288 g/mol. The lowest BCUT2D eigenvalue weighted by molar-refractivity contribution is 0.0692. The number of carboxylic acid groups (broad SMARTS) is 1. The summed E-state index contributed by atoms with van der Waals surface area (Å²) in [6, 6.07) is 5.15. The van der Waals surface area contributed by atoms with Crippen LogP contribution in [0.4, 0.5) is 5.69 Å². The van der Waals surface area contributed by atoms with Crippen LogP contribution in [0.15, 0.2) is 18.2 Å². The number of rotatable bonds is 3. The molecule has 1 aromatic carbocycles. The first kappa shape index (κ1) is 13.4. The van der Waals surface area contributed by atoms with E-state index in [2.05, 4.69) is 15.1 Å². The summed E-state index contributed by atoms with van der Waals surface area (Å²) < 4.78 is 7.48. The van der Waals surface area contributed by atoms with E-state index in [1.807, 2.05) is 24.6 Å². The van der Waals surface area contributed by atoms with Crippen molar-refractivity contribution in [2.45, 2.75) is 13.5 Å². The lowest BCUT2D eigenvalue weighted by Gasteiger charge is -2.31. The Morgan fingerprint density at radius 3 is 2.90 bits per heavy atom. The zero-order valence-corrected chi connectivity index (χ0v) is 11.9. The predicted octanol–water partition coefficient (Wildman–Crippen LogP) is 1.22. The smallest absolute Gasteiger partial charge is 0.339 e. The van der Waals surface area contributed by atoms with E-state index in [9.17, 15) is 9.90 Å². The van der Waals surface area contributed by atoms with Crippen molar-refractivity contribution in [3.63, 3.8) is 0 Å². The predicted molar refractivity (Wildman–Crippen MR) is 75.7 cm³/mol. The van der Waals surface area contributed by atoms with Gasteiger partial charge in [0.2, 0.25) is 0 Å². The Morgan fingerprint density at radius 2 is 2.24 bits per heavy atom. The minimum atomic E-state index is -0.983. The summed E-state index contributed by atoms with van der Waals surface area (Å²) in [4.78, 5) is 13.3. The van der Waals surface area contributed by atoms with Gasteiger partial charge in [-0.2, -0.15) is 0 Å². The summed E-state index contributed by atoms with van der Waals surface area (Å²) in [6.45, 7) is 3.60. The van der Waals surface area contributed by atoms with E-state index in [-0.39, 0.29) is 5.56 Å². The lowest BCUT2D eigenvalue weighted by Crippen LogP contribution is -2.33. The van der Waals surface area contributed by atoms with Crippen molar-refractivity contribution in [2.75, 3.05) is 18.1 Å². The molecule has 0 saturated carbocycles. The van der Waals surface area contributed by atoms with Crippen LogP contribution in [0.25, 0.3) is 0 Å². The Kier molecular flexibility index (Phi) is 3.25. The van der Waals surface area contributed by atoms with E-state index in [0.717, 1.165) is 17.3 Å². The van der Waals surface area contributed by atoms with E-state index in [1.54, 1.807) is 12.1 Å². The standard InChI is InChI=1S/C14H16N4O3/c1-9-15-16-12(17(9)2)8-18-6-7-21-13-10(14(19)20)4-3-5-11(13)18/h3-5H,6-8H2,1-2H3,(H,19,20). The van der Waals surface area contributed by atoms with Gasteiger partial charge in [-0.25, -0.2) is 4.79 Å². The molecule has 0 fully saturated rings. The van der Waals surface area contributed by atoms with Crippen LogP contribution < -0.4 is 9.64 Å². The number of fused-ring (bicyclic) bond motifs is 1. The number of ether oxygens (including phenoxy) is 1. The summed E-state index contributed by atoms with van der Waals surface area (Å²) in [5.41, 5.74) is 0.966. The zero-order chi connectivity index (χ0) is 15.0. The Balaban J connectivity index is 1.96. The average Bonchev–Trinajstić information content (AvgIpc) is 2.79. The molecular formula is C14H16N4O3. The third-order valence-electron chi connectivity index (χ3n) is 3.69. The van der Waals surface area contributed by atoms with E-state index in [4.69, 9.17) is 4.74 Å². The quantitative estimate of drug-likeness (QED) is 0.914. The first-order valence-corrected chi connectivity index (χ1v) is 6.67. The van der Waals surface area contributed by atoms with Gasteiger partial charge in [-0.1, -0.05) is 6.07 Å². The van der Waals surface area contributed by atoms with Gasteiger partial charge < -0.3 is 19.3 Å². The number of carbonyl (C=O) groups is 1. The zero-order valence-electron chi connectivity index (χ0n) is 11.9. The number of aromatic nitrogens is 3. The topological polar surface area (TPSA) is 80.5 Å². The number of aryl methyl sites for hydroxylation is 1. The number of para-hydroxylation sites is 1. The summed E-state index contributed by atoms with van der Waals surface area (Å²) in [6.07, 6.45) is 0. The summed E-state index contributed by atoms with van der Waals surface area (Å²) in [5, 5.41) is 17.4. The third kappa shape index (κ3) is 2.31. The van der Waals surface area contributed by atoms with Crippen LogP contribution in [0.1, 0.15) is 22.0 Å². The molecule has 0 saturated heterocycles. The molecule has 1 aliphatic heterocycles. The van der Waals surface area contributed by atoms with Crippen molar-refractivity contribution < 1.29 is 14.6 Å². The molecule has 3 rings (SSSR count). The number of hydrogen-bond donors (Lipinski definition) is 1. The van der Waals surface area contributed by atoms with E-state index in [1.165, 1.54) is 0 Å². The SMILES string of the molecule is Cc1nnc(CN2CCOc3c(C(=O)O)cccc32)n1C. The van der Waals surface area contributed by atoms with Crippen LogP contribution in [-0.2, 0) is 13.6 Å². The van der Waals surface area contributed by atoms with Gasteiger partial charge in [0.1, 0.15) is 18.0 Å². The van der Waals surface area contributed by atoms with Crippen molar-refractivity contribution in [1.29, 1.82) is 0 Å². The lowest BCUT2D eigenvalue weighted by atomic mass is 10.1. The highest BCUT2D eigenvalue weighted by atomic mass is 16.5. The molecule has 0 aliphatic carbocycles. The van der Waals surface area contributed by atoms with Crippen molar-refractivity contribution >= 4 is 11.7 Å². The second kappa shape index (κ2) is 5.08.